The SMILES string of the molecule is O=c1[nH]c(N2CCC(OCCc3ccccc3)CC2)nc2[nH]ncc12. The molecule has 2 N–H and O–H groups in total. The second kappa shape index (κ2) is 7.06. The molecule has 0 spiro atoms. The average molecular weight is 339 g/mol. The first-order valence-electron chi connectivity index (χ1n) is 8.63. The maximum atomic E-state index is 12.0. The highest BCUT2D eigenvalue weighted by Crippen LogP contribution is 2.18. The predicted octanol–water partition coefficient (Wildman–Crippen LogP) is 1.87. The van der Waals surface area contributed by atoms with Crippen molar-refractivity contribution in [3.05, 3.63) is 52.4 Å². The fourth-order valence-electron chi connectivity index (χ4n) is 3.21. The zero-order valence-corrected chi connectivity index (χ0v) is 13.9. The third-order valence-electron chi connectivity index (χ3n) is 4.64. The number of H-pyrrole nitrogens is 2. The first-order valence-corrected chi connectivity index (χ1v) is 8.63. The van der Waals surface area contributed by atoms with Crippen molar-refractivity contribution >= 4 is 17.0 Å². The number of rotatable bonds is 5. The molecule has 2 aromatic heterocycles. The lowest BCUT2D eigenvalue weighted by Gasteiger charge is -2.32. The smallest absolute Gasteiger partial charge is 0.263 e. The van der Waals surface area contributed by atoms with Gasteiger partial charge in [-0.1, -0.05) is 30.3 Å². The Labute approximate surface area is 145 Å². The molecule has 0 saturated carbocycles. The van der Waals surface area contributed by atoms with Crippen molar-refractivity contribution in [1.82, 2.24) is 20.2 Å². The van der Waals surface area contributed by atoms with Crippen LogP contribution < -0.4 is 10.5 Å². The van der Waals surface area contributed by atoms with Gasteiger partial charge < -0.3 is 9.64 Å². The van der Waals surface area contributed by atoms with Gasteiger partial charge in [0, 0.05) is 13.1 Å². The van der Waals surface area contributed by atoms with Gasteiger partial charge in [-0.25, -0.2) is 0 Å². The van der Waals surface area contributed by atoms with E-state index in [1.807, 2.05) is 6.07 Å². The molecule has 1 fully saturated rings. The Morgan fingerprint density at radius 2 is 2.00 bits per heavy atom. The van der Waals surface area contributed by atoms with Crippen LogP contribution in [-0.2, 0) is 11.2 Å². The number of nitrogens with one attached hydrogen (secondary N) is 2. The Balaban J connectivity index is 1.31. The zero-order chi connectivity index (χ0) is 17.1. The molecule has 0 amide bonds. The highest BCUT2D eigenvalue weighted by molar-refractivity contribution is 5.73. The average Bonchev–Trinajstić information content (AvgIpc) is 3.12. The van der Waals surface area contributed by atoms with Crippen LogP contribution in [0.25, 0.3) is 11.0 Å². The van der Waals surface area contributed by atoms with Gasteiger partial charge in [0.2, 0.25) is 5.95 Å². The molecule has 1 saturated heterocycles. The molecule has 130 valence electrons. The van der Waals surface area contributed by atoms with E-state index in [1.54, 1.807) is 0 Å². The molecule has 4 rings (SSSR count). The molecular weight excluding hydrogens is 318 g/mol. The molecule has 0 unspecified atom stereocenters. The number of aromatic amines is 2. The largest absolute Gasteiger partial charge is 0.378 e. The van der Waals surface area contributed by atoms with Crippen molar-refractivity contribution in [3.8, 4) is 0 Å². The lowest BCUT2D eigenvalue weighted by molar-refractivity contribution is 0.0389. The molecule has 0 radical (unpaired) electrons. The van der Waals surface area contributed by atoms with E-state index in [2.05, 4.69) is 49.3 Å². The highest BCUT2D eigenvalue weighted by atomic mass is 16.5. The summed E-state index contributed by atoms with van der Waals surface area (Å²) in [6, 6.07) is 10.4. The number of aromatic nitrogens is 4. The standard InChI is InChI=1S/C18H21N5O2/c24-17-15-12-19-22-16(15)20-18(21-17)23-9-6-14(7-10-23)25-11-8-13-4-2-1-3-5-13/h1-5,12,14H,6-11H2,(H2,19,20,21,22,24). The van der Waals surface area contributed by atoms with Crippen LogP contribution in [0, 0.1) is 0 Å². The molecule has 1 aromatic carbocycles. The third-order valence-corrected chi connectivity index (χ3v) is 4.64. The van der Waals surface area contributed by atoms with E-state index in [4.69, 9.17) is 4.74 Å². The van der Waals surface area contributed by atoms with E-state index in [-0.39, 0.29) is 11.7 Å². The minimum atomic E-state index is -0.157. The zero-order valence-electron chi connectivity index (χ0n) is 13.9. The van der Waals surface area contributed by atoms with Crippen molar-refractivity contribution in [2.75, 3.05) is 24.6 Å². The van der Waals surface area contributed by atoms with Gasteiger partial charge in [0.05, 0.1) is 18.9 Å². The number of ether oxygens (including phenoxy) is 1. The molecule has 0 aliphatic carbocycles. The number of piperidine rings is 1. The number of anilines is 1. The summed E-state index contributed by atoms with van der Waals surface area (Å²) in [4.78, 5) is 21.4. The summed E-state index contributed by atoms with van der Waals surface area (Å²) >= 11 is 0. The van der Waals surface area contributed by atoms with Gasteiger partial charge in [0.1, 0.15) is 5.39 Å². The topological polar surface area (TPSA) is 86.9 Å². The van der Waals surface area contributed by atoms with E-state index >= 15 is 0 Å². The van der Waals surface area contributed by atoms with E-state index in [0.717, 1.165) is 39.0 Å². The predicted molar refractivity (Wildman–Crippen MR) is 95.8 cm³/mol. The second-order valence-electron chi connectivity index (χ2n) is 6.31. The second-order valence-corrected chi connectivity index (χ2v) is 6.31. The molecule has 1 aliphatic rings. The summed E-state index contributed by atoms with van der Waals surface area (Å²) in [5.41, 5.74) is 1.67. The van der Waals surface area contributed by atoms with Crippen LogP contribution >= 0.6 is 0 Å². The Morgan fingerprint density at radius 3 is 2.80 bits per heavy atom. The van der Waals surface area contributed by atoms with Crippen LogP contribution in [0.5, 0.6) is 0 Å². The third kappa shape index (κ3) is 3.56. The van der Waals surface area contributed by atoms with Gasteiger partial charge in [-0.2, -0.15) is 10.1 Å². The van der Waals surface area contributed by atoms with Crippen LogP contribution in [0.1, 0.15) is 18.4 Å². The summed E-state index contributed by atoms with van der Waals surface area (Å²) in [5.74, 6) is 0.601. The van der Waals surface area contributed by atoms with E-state index in [0.29, 0.717) is 17.0 Å². The van der Waals surface area contributed by atoms with Crippen LogP contribution in [0.3, 0.4) is 0 Å². The number of fused-ring (bicyclic) bond motifs is 1. The highest BCUT2D eigenvalue weighted by Gasteiger charge is 2.22. The Hall–Kier alpha value is -2.67. The molecule has 3 heterocycles. The van der Waals surface area contributed by atoms with Gasteiger partial charge in [-0.15, -0.1) is 0 Å². The fraction of sp³-hybridized carbons (Fsp3) is 0.389. The van der Waals surface area contributed by atoms with Crippen LogP contribution in [0.2, 0.25) is 0 Å². The molecule has 7 heteroatoms. The van der Waals surface area contributed by atoms with Gasteiger partial charge in [-0.3, -0.25) is 14.9 Å². The van der Waals surface area contributed by atoms with Crippen molar-refractivity contribution in [3.63, 3.8) is 0 Å². The van der Waals surface area contributed by atoms with Crippen molar-refractivity contribution in [2.24, 2.45) is 0 Å². The summed E-state index contributed by atoms with van der Waals surface area (Å²) in [6.45, 7) is 2.38. The van der Waals surface area contributed by atoms with E-state index in [9.17, 15) is 4.79 Å². The summed E-state index contributed by atoms with van der Waals surface area (Å²) < 4.78 is 6.02. The number of benzene rings is 1. The molecule has 25 heavy (non-hydrogen) atoms. The summed E-state index contributed by atoms with van der Waals surface area (Å²) in [5, 5.41) is 7.12. The summed E-state index contributed by atoms with van der Waals surface area (Å²) in [7, 11) is 0. The first kappa shape index (κ1) is 15.8. The first-order chi connectivity index (χ1) is 12.3. The maximum Gasteiger partial charge on any atom is 0.263 e. The minimum absolute atomic E-state index is 0.157. The minimum Gasteiger partial charge on any atom is -0.378 e. The molecule has 0 atom stereocenters. The molecule has 1 aliphatic heterocycles. The van der Waals surface area contributed by atoms with Crippen molar-refractivity contribution in [2.45, 2.75) is 25.4 Å². The van der Waals surface area contributed by atoms with Gasteiger partial charge in [0.15, 0.2) is 5.65 Å². The van der Waals surface area contributed by atoms with Gasteiger partial charge in [-0.05, 0) is 24.8 Å². The van der Waals surface area contributed by atoms with Crippen LogP contribution in [0.15, 0.2) is 41.3 Å². The number of hydrogen-bond donors (Lipinski definition) is 2. The van der Waals surface area contributed by atoms with Crippen LogP contribution in [-0.4, -0.2) is 46.0 Å². The number of nitrogens with zero attached hydrogens (tertiary/aromatic N) is 3. The lowest BCUT2D eigenvalue weighted by atomic mass is 10.1. The lowest BCUT2D eigenvalue weighted by Crippen LogP contribution is -2.39. The maximum absolute atomic E-state index is 12.0. The normalized spacial score (nSPS) is 15.8. The fourth-order valence-corrected chi connectivity index (χ4v) is 3.21. The molecule has 3 aromatic rings. The summed E-state index contributed by atoms with van der Waals surface area (Å²) in [6.07, 6.45) is 4.56. The number of hydrogen-bond acceptors (Lipinski definition) is 5. The van der Waals surface area contributed by atoms with E-state index in [1.165, 1.54) is 11.8 Å². The Morgan fingerprint density at radius 1 is 1.20 bits per heavy atom. The van der Waals surface area contributed by atoms with Gasteiger partial charge in [0.25, 0.3) is 5.56 Å². The Kier molecular flexibility index (Phi) is 4.47. The van der Waals surface area contributed by atoms with Gasteiger partial charge >= 0.3 is 0 Å². The molecular formula is C18H21N5O2. The quantitative estimate of drug-likeness (QED) is 0.741. The molecule has 7 nitrogen and oxygen atoms in total. The van der Waals surface area contributed by atoms with E-state index < -0.39 is 0 Å². The molecule has 0 bridgehead atoms. The van der Waals surface area contributed by atoms with Crippen molar-refractivity contribution in [1.29, 1.82) is 0 Å². The van der Waals surface area contributed by atoms with Crippen LogP contribution in [0.4, 0.5) is 5.95 Å². The van der Waals surface area contributed by atoms with Crippen molar-refractivity contribution < 1.29 is 4.74 Å². The monoisotopic (exact) mass is 339 g/mol. The Bertz CT molecular complexity index is 881.